The van der Waals surface area contributed by atoms with Gasteiger partial charge in [0, 0.05) is 25.1 Å². The van der Waals surface area contributed by atoms with Crippen LogP contribution in [0.1, 0.15) is 36.0 Å². The molecule has 0 radical (unpaired) electrons. The van der Waals surface area contributed by atoms with Crippen molar-refractivity contribution in [3.05, 3.63) is 53.9 Å². The highest BCUT2D eigenvalue weighted by Gasteiger charge is 2.37. The third-order valence-electron chi connectivity index (χ3n) is 4.72. The highest BCUT2D eigenvalue weighted by atomic mass is 32.2. The molecule has 3 aromatic rings. The minimum Gasteiger partial charge on any atom is -0.361 e. The summed E-state index contributed by atoms with van der Waals surface area (Å²) in [5, 5.41) is 3.95. The molecule has 4 heterocycles. The van der Waals surface area contributed by atoms with E-state index in [9.17, 15) is 8.42 Å². The van der Waals surface area contributed by atoms with Crippen LogP contribution in [0.2, 0.25) is 0 Å². The molecule has 1 aliphatic rings. The molecule has 8 nitrogen and oxygen atoms in total. The number of rotatable bonds is 4. The standard InChI is InChI=1S/C18H19N5O3S/c1-12-17(13(2)26-22-12)18-20-9-7-15(21-18)16-6-4-10-23(16)27(24,25)14-5-3-8-19-11-14/h3,5,7-9,11,16H,4,6,10H2,1-2H3/t16-/m1/s1. The topological polar surface area (TPSA) is 102 Å². The van der Waals surface area contributed by atoms with E-state index in [0.29, 0.717) is 35.9 Å². The first kappa shape index (κ1) is 17.7. The van der Waals surface area contributed by atoms with Crippen molar-refractivity contribution in [2.45, 2.75) is 37.6 Å². The first-order valence-electron chi connectivity index (χ1n) is 8.66. The molecular weight excluding hydrogens is 366 g/mol. The molecule has 140 valence electrons. The second-order valence-corrected chi connectivity index (χ2v) is 8.36. The second-order valence-electron chi connectivity index (χ2n) is 6.47. The van der Waals surface area contributed by atoms with Crippen molar-refractivity contribution < 1.29 is 12.9 Å². The maximum absolute atomic E-state index is 13.1. The molecule has 0 aliphatic carbocycles. The van der Waals surface area contributed by atoms with Crippen LogP contribution in [0.4, 0.5) is 0 Å². The summed E-state index contributed by atoms with van der Waals surface area (Å²) >= 11 is 0. The largest absolute Gasteiger partial charge is 0.361 e. The lowest BCUT2D eigenvalue weighted by atomic mass is 10.1. The molecule has 3 aromatic heterocycles. The van der Waals surface area contributed by atoms with Gasteiger partial charge in [-0.05, 0) is 44.9 Å². The van der Waals surface area contributed by atoms with Crippen molar-refractivity contribution in [3.8, 4) is 11.4 Å². The highest BCUT2D eigenvalue weighted by molar-refractivity contribution is 7.89. The lowest BCUT2D eigenvalue weighted by Gasteiger charge is -2.23. The van der Waals surface area contributed by atoms with Crippen LogP contribution >= 0.6 is 0 Å². The summed E-state index contributed by atoms with van der Waals surface area (Å²) in [5.41, 5.74) is 2.12. The minimum atomic E-state index is -3.64. The maximum atomic E-state index is 13.1. The van der Waals surface area contributed by atoms with Gasteiger partial charge >= 0.3 is 0 Å². The molecule has 0 spiro atoms. The van der Waals surface area contributed by atoms with Crippen LogP contribution in [0.15, 0.2) is 46.2 Å². The van der Waals surface area contributed by atoms with Crippen LogP contribution < -0.4 is 0 Å². The Hall–Kier alpha value is -2.65. The Morgan fingerprint density at radius 1 is 1.22 bits per heavy atom. The molecule has 1 fully saturated rings. The fraction of sp³-hybridized carbons (Fsp3) is 0.333. The average molecular weight is 385 g/mol. The summed E-state index contributed by atoms with van der Waals surface area (Å²) in [4.78, 5) is 13.1. The lowest BCUT2D eigenvalue weighted by Crippen LogP contribution is -2.31. The molecule has 0 saturated carbocycles. The van der Waals surface area contributed by atoms with Crippen molar-refractivity contribution in [2.75, 3.05) is 6.54 Å². The molecule has 0 aromatic carbocycles. The molecular formula is C18H19N5O3S. The molecule has 1 aliphatic heterocycles. The van der Waals surface area contributed by atoms with Gasteiger partial charge in [0.25, 0.3) is 0 Å². The van der Waals surface area contributed by atoms with E-state index in [1.807, 2.05) is 6.92 Å². The van der Waals surface area contributed by atoms with E-state index >= 15 is 0 Å². The smallest absolute Gasteiger partial charge is 0.245 e. The van der Waals surface area contributed by atoms with E-state index in [4.69, 9.17) is 4.52 Å². The summed E-state index contributed by atoms with van der Waals surface area (Å²) in [7, 11) is -3.64. The quantitative estimate of drug-likeness (QED) is 0.680. The number of aryl methyl sites for hydroxylation is 2. The zero-order valence-electron chi connectivity index (χ0n) is 15.0. The number of sulfonamides is 1. The first-order valence-corrected chi connectivity index (χ1v) is 10.1. The van der Waals surface area contributed by atoms with E-state index in [-0.39, 0.29) is 10.9 Å². The Bertz CT molecular complexity index is 1050. The van der Waals surface area contributed by atoms with Gasteiger partial charge in [0.15, 0.2) is 5.82 Å². The lowest BCUT2D eigenvalue weighted by molar-refractivity contribution is 0.389. The number of hydrogen-bond donors (Lipinski definition) is 0. The zero-order valence-corrected chi connectivity index (χ0v) is 15.8. The summed E-state index contributed by atoms with van der Waals surface area (Å²) in [5.74, 6) is 1.13. The van der Waals surface area contributed by atoms with Gasteiger partial charge in [0.2, 0.25) is 10.0 Å². The Morgan fingerprint density at radius 3 is 2.78 bits per heavy atom. The Morgan fingerprint density at radius 2 is 2.07 bits per heavy atom. The molecule has 1 saturated heterocycles. The molecule has 0 unspecified atom stereocenters. The van der Waals surface area contributed by atoms with Crippen molar-refractivity contribution in [3.63, 3.8) is 0 Å². The Kier molecular flexibility index (Phi) is 4.48. The van der Waals surface area contributed by atoms with E-state index in [1.54, 1.807) is 37.5 Å². The van der Waals surface area contributed by atoms with Gasteiger partial charge < -0.3 is 4.52 Å². The van der Waals surface area contributed by atoms with E-state index in [0.717, 1.165) is 12.0 Å². The molecule has 0 N–H and O–H groups in total. The summed E-state index contributed by atoms with van der Waals surface area (Å²) < 4.78 is 32.8. The van der Waals surface area contributed by atoms with Gasteiger partial charge in [-0.3, -0.25) is 4.98 Å². The van der Waals surface area contributed by atoms with Crippen LogP contribution in [0.3, 0.4) is 0 Å². The molecule has 0 bridgehead atoms. The average Bonchev–Trinajstić information content (AvgIpc) is 3.30. The SMILES string of the molecule is Cc1noc(C)c1-c1nccc([C@H]2CCCN2S(=O)(=O)c2cccnc2)n1. The van der Waals surface area contributed by atoms with Crippen LogP contribution in [0.25, 0.3) is 11.4 Å². The molecule has 27 heavy (non-hydrogen) atoms. The fourth-order valence-corrected chi connectivity index (χ4v) is 5.07. The van der Waals surface area contributed by atoms with Gasteiger partial charge in [-0.2, -0.15) is 4.31 Å². The number of hydrogen-bond acceptors (Lipinski definition) is 7. The van der Waals surface area contributed by atoms with E-state index < -0.39 is 10.0 Å². The van der Waals surface area contributed by atoms with Gasteiger partial charge in [0.05, 0.1) is 23.0 Å². The molecule has 4 rings (SSSR count). The van der Waals surface area contributed by atoms with Crippen LogP contribution in [0.5, 0.6) is 0 Å². The normalized spacial score (nSPS) is 18.1. The van der Waals surface area contributed by atoms with Crippen LogP contribution in [-0.4, -0.2) is 39.4 Å². The number of aromatic nitrogens is 4. The maximum Gasteiger partial charge on any atom is 0.245 e. The van der Waals surface area contributed by atoms with Crippen molar-refractivity contribution in [1.82, 2.24) is 24.4 Å². The number of nitrogens with zero attached hydrogens (tertiary/aromatic N) is 5. The van der Waals surface area contributed by atoms with Crippen molar-refractivity contribution in [2.24, 2.45) is 0 Å². The fourth-order valence-electron chi connectivity index (χ4n) is 3.44. The molecule has 9 heteroatoms. The third kappa shape index (κ3) is 3.13. The monoisotopic (exact) mass is 385 g/mol. The van der Waals surface area contributed by atoms with Crippen molar-refractivity contribution >= 4 is 10.0 Å². The molecule has 0 amide bonds. The summed E-state index contributed by atoms with van der Waals surface area (Å²) in [6.07, 6.45) is 6.06. The van der Waals surface area contributed by atoms with Crippen LogP contribution in [0, 0.1) is 13.8 Å². The zero-order chi connectivity index (χ0) is 19.0. The Labute approximate surface area is 157 Å². The number of pyridine rings is 1. The van der Waals surface area contributed by atoms with Gasteiger partial charge in [-0.25, -0.2) is 18.4 Å². The van der Waals surface area contributed by atoms with Gasteiger partial charge in [-0.15, -0.1) is 0 Å². The summed E-state index contributed by atoms with van der Waals surface area (Å²) in [6.45, 7) is 4.09. The summed E-state index contributed by atoms with van der Waals surface area (Å²) in [6, 6.07) is 4.62. The van der Waals surface area contributed by atoms with Crippen molar-refractivity contribution in [1.29, 1.82) is 0 Å². The predicted molar refractivity (Wildman–Crippen MR) is 97.1 cm³/mol. The van der Waals surface area contributed by atoms with Gasteiger partial charge in [0.1, 0.15) is 10.7 Å². The Balaban J connectivity index is 1.72. The van der Waals surface area contributed by atoms with E-state index in [2.05, 4.69) is 20.1 Å². The van der Waals surface area contributed by atoms with Crippen LogP contribution in [-0.2, 0) is 10.0 Å². The highest BCUT2D eigenvalue weighted by Crippen LogP contribution is 2.36. The minimum absolute atomic E-state index is 0.192. The van der Waals surface area contributed by atoms with E-state index in [1.165, 1.54) is 10.5 Å². The molecule has 1 atom stereocenters. The predicted octanol–water partition coefficient (Wildman–Crippen LogP) is 2.67. The van der Waals surface area contributed by atoms with Gasteiger partial charge in [-0.1, -0.05) is 5.16 Å². The second kappa shape index (κ2) is 6.82. The third-order valence-corrected chi connectivity index (χ3v) is 6.61. The first-order chi connectivity index (χ1) is 13.0.